The maximum Gasteiger partial charge on any atom is 0.407 e. The van der Waals surface area contributed by atoms with E-state index in [4.69, 9.17) is 14.2 Å². The van der Waals surface area contributed by atoms with E-state index in [-0.39, 0.29) is 17.7 Å². The second-order valence-electron chi connectivity index (χ2n) is 7.30. The number of ether oxygens (including phenoxy) is 3. The van der Waals surface area contributed by atoms with Gasteiger partial charge in [-0.3, -0.25) is 0 Å². The molecule has 0 bridgehead atoms. The lowest BCUT2D eigenvalue weighted by Gasteiger charge is -2.32. The van der Waals surface area contributed by atoms with Gasteiger partial charge >= 0.3 is 6.09 Å². The fourth-order valence-corrected chi connectivity index (χ4v) is 3.22. The third-order valence-electron chi connectivity index (χ3n) is 4.20. The third kappa shape index (κ3) is 3.51. The van der Waals surface area contributed by atoms with Crippen LogP contribution < -0.4 is 5.32 Å². The van der Waals surface area contributed by atoms with Gasteiger partial charge in [-0.15, -0.1) is 0 Å². The van der Waals surface area contributed by atoms with Crippen LogP contribution in [0.15, 0.2) is 12.1 Å². The van der Waals surface area contributed by atoms with Gasteiger partial charge < -0.3 is 19.5 Å². The van der Waals surface area contributed by atoms with Gasteiger partial charge in [0.15, 0.2) is 0 Å². The molecule has 0 aromatic heterocycles. The van der Waals surface area contributed by atoms with E-state index < -0.39 is 6.09 Å². The number of hydrogen-bond acceptors (Lipinski definition) is 4. The summed E-state index contributed by atoms with van der Waals surface area (Å²) in [4.78, 5) is 12.0. The Morgan fingerprint density at radius 1 is 1.30 bits per heavy atom. The van der Waals surface area contributed by atoms with Gasteiger partial charge in [0.25, 0.3) is 0 Å². The first-order valence-electron chi connectivity index (χ1n) is 8.17. The molecule has 0 spiro atoms. The Labute approximate surface area is 137 Å². The molecule has 0 saturated heterocycles. The molecule has 2 aliphatic rings. The second-order valence-corrected chi connectivity index (χ2v) is 7.30. The van der Waals surface area contributed by atoms with Crippen LogP contribution in [0.25, 0.3) is 0 Å². The highest BCUT2D eigenvalue weighted by molar-refractivity contribution is 5.68. The molecule has 2 unspecified atom stereocenters. The van der Waals surface area contributed by atoms with E-state index in [2.05, 4.69) is 17.4 Å². The van der Waals surface area contributed by atoms with E-state index in [1.807, 2.05) is 27.7 Å². The molecule has 0 radical (unpaired) electrons. The van der Waals surface area contributed by atoms with Gasteiger partial charge in [-0.2, -0.15) is 0 Å². The highest BCUT2D eigenvalue weighted by Gasteiger charge is 2.33. The molecule has 0 fully saturated rings. The molecule has 1 aromatic carbocycles. The summed E-state index contributed by atoms with van der Waals surface area (Å²) >= 11 is 0. The van der Waals surface area contributed by atoms with Crippen molar-refractivity contribution in [2.24, 2.45) is 0 Å². The summed E-state index contributed by atoms with van der Waals surface area (Å²) < 4.78 is 17.1. The molecule has 5 nitrogen and oxygen atoms in total. The lowest BCUT2D eigenvalue weighted by Crippen LogP contribution is -2.43. The minimum Gasteiger partial charge on any atom is -0.443 e. The lowest BCUT2D eigenvalue weighted by atomic mass is 9.88. The largest absolute Gasteiger partial charge is 0.443 e. The van der Waals surface area contributed by atoms with E-state index >= 15 is 0 Å². The minimum absolute atomic E-state index is 0.235. The standard InChI is InChI=1S/C18H25NO4/c1-11(23-17(20)19-18(2,3)4)16-15-12(7-8-22-16)5-6-13-9-21-10-14(13)15/h5-6,11,16H,7-10H2,1-4H3,(H,19,20). The van der Waals surface area contributed by atoms with Crippen LogP contribution in [0.3, 0.4) is 0 Å². The Hall–Kier alpha value is -1.59. The molecule has 0 aliphatic carbocycles. The van der Waals surface area contributed by atoms with Crippen molar-refractivity contribution in [3.05, 3.63) is 34.4 Å². The Morgan fingerprint density at radius 2 is 2.04 bits per heavy atom. The van der Waals surface area contributed by atoms with Gasteiger partial charge in [0.2, 0.25) is 0 Å². The summed E-state index contributed by atoms with van der Waals surface area (Å²) in [6.45, 7) is 9.57. The van der Waals surface area contributed by atoms with Crippen molar-refractivity contribution in [3.63, 3.8) is 0 Å². The molecule has 0 saturated carbocycles. The fourth-order valence-electron chi connectivity index (χ4n) is 3.22. The normalized spacial score (nSPS) is 21.3. The van der Waals surface area contributed by atoms with Gasteiger partial charge in [-0.25, -0.2) is 4.79 Å². The van der Waals surface area contributed by atoms with Crippen LogP contribution in [0.4, 0.5) is 4.79 Å². The van der Waals surface area contributed by atoms with Gasteiger partial charge in [0.05, 0.1) is 19.8 Å². The molecule has 23 heavy (non-hydrogen) atoms. The number of rotatable bonds is 2. The molecule has 1 N–H and O–H groups in total. The predicted octanol–water partition coefficient (Wildman–Crippen LogP) is 3.24. The van der Waals surface area contributed by atoms with Gasteiger partial charge in [-0.05, 0) is 56.4 Å². The maximum absolute atomic E-state index is 12.0. The first-order chi connectivity index (χ1) is 10.8. The van der Waals surface area contributed by atoms with Gasteiger partial charge in [0, 0.05) is 5.54 Å². The van der Waals surface area contributed by atoms with Crippen LogP contribution in [-0.4, -0.2) is 24.3 Å². The Kier molecular flexibility index (Phi) is 4.34. The molecule has 2 heterocycles. The number of carbonyl (C=O) groups excluding carboxylic acids is 1. The van der Waals surface area contributed by atoms with Crippen LogP contribution in [0.2, 0.25) is 0 Å². The van der Waals surface area contributed by atoms with Crippen molar-refractivity contribution in [3.8, 4) is 0 Å². The topological polar surface area (TPSA) is 56.8 Å². The summed E-state index contributed by atoms with van der Waals surface area (Å²) in [5.74, 6) is 0. The van der Waals surface area contributed by atoms with E-state index in [0.717, 1.165) is 12.0 Å². The Balaban J connectivity index is 1.80. The van der Waals surface area contributed by atoms with E-state index in [0.29, 0.717) is 19.8 Å². The number of carbonyl (C=O) groups is 1. The average Bonchev–Trinajstić information content (AvgIpc) is 2.92. The highest BCUT2D eigenvalue weighted by Crippen LogP contribution is 2.38. The monoisotopic (exact) mass is 319 g/mol. The van der Waals surface area contributed by atoms with Crippen molar-refractivity contribution >= 4 is 6.09 Å². The van der Waals surface area contributed by atoms with Gasteiger partial charge in [0.1, 0.15) is 12.2 Å². The molecular formula is C18H25NO4. The smallest absolute Gasteiger partial charge is 0.407 e. The van der Waals surface area contributed by atoms with Crippen molar-refractivity contribution < 1.29 is 19.0 Å². The van der Waals surface area contributed by atoms with E-state index in [1.165, 1.54) is 16.7 Å². The maximum atomic E-state index is 12.0. The van der Waals surface area contributed by atoms with E-state index in [1.54, 1.807) is 0 Å². The third-order valence-corrected chi connectivity index (χ3v) is 4.20. The first kappa shape index (κ1) is 16.3. The molecule has 3 rings (SSSR count). The van der Waals surface area contributed by atoms with Crippen LogP contribution in [0.5, 0.6) is 0 Å². The number of benzene rings is 1. The number of hydrogen-bond donors (Lipinski definition) is 1. The van der Waals surface area contributed by atoms with Crippen molar-refractivity contribution in [2.75, 3.05) is 6.61 Å². The summed E-state index contributed by atoms with van der Waals surface area (Å²) in [6, 6.07) is 4.29. The van der Waals surface area contributed by atoms with Crippen molar-refractivity contribution in [1.82, 2.24) is 5.32 Å². The average molecular weight is 319 g/mol. The predicted molar refractivity (Wildman–Crippen MR) is 86.2 cm³/mol. The summed E-state index contributed by atoms with van der Waals surface area (Å²) in [7, 11) is 0. The summed E-state index contributed by atoms with van der Waals surface area (Å²) in [6.07, 6.45) is -0.116. The number of nitrogens with one attached hydrogen (secondary N) is 1. The van der Waals surface area contributed by atoms with E-state index in [9.17, 15) is 4.79 Å². The van der Waals surface area contributed by atoms with Crippen LogP contribution in [-0.2, 0) is 33.8 Å². The number of fused-ring (bicyclic) bond motifs is 3. The zero-order chi connectivity index (χ0) is 16.6. The SMILES string of the molecule is CC(OC(=O)NC(C)(C)C)C1OCCc2ccc3c(c21)COC3. The Morgan fingerprint density at radius 3 is 2.78 bits per heavy atom. The molecule has 5 heteroatoms. The minimum atomic E-state index is -0.412. The van der Waals surface area contributed by atoms with Crippen molar-refractivity contribution in [1.29, 1.82) is 0 Å². The highest BCUT2D eigenvalue weighted by atomic mass is 16.6. The fraction of sp³-hybridized carbons (Fsp3) is 0.611. The zero-order valence-corrected chi connectivity index (χ0v) is 14.3. The summed E-state index contributed by atoms with van der Waals surface area (Å²) in [5, 5.41) is 2.82. The number of alkyl carbamates (subject to hydrolysis) is 1. The molecule has 1 amide bonds. The second kappa shape index (κ2) is 6.13. The number of amides is 1. The van der Waals surface area contributed by atoms with Crippen molar-refractivity contribution in [2.45, 2.75) is 65.1 Å². The van der Waals surface area contributed by atoms with Crippen LogP contribution >= 0.6 is 0 Å². The van der Waals surface area contributed by atoms with Crippen LogP contribution in [0.1, 0.15) is 56.1 Å². The Bertz CT molecular complexity index is 606. The molecule has 2 aliphatic heterocycles. The van der Waals surface area contributed by atoms with Gasteiger partial charge in [-0.1, -0.05) is 12.1 Å². The molecule has 126 valence electrons. The molecular weight excluding hydrogens is 294 g/mol. The zero-order valence-electron chi connectivity index (χ0n) is 14.3. The molecule has 2 atom stereocenters. The quantitative estimate of drug-likeness (QED) is 0.909. The lowest BCUT2D eigenvalue weighted by molar-refractivity contribution is -0.0469. The molecule has 1 aromatic rings. The summed E-state index contributed by atoms with van der Waals surface area (Å²) in [5.41, 5.74) is 4.53. The first-order valence-corrected chi connectivity index (χ1v) is 8.17. The van der Waals surface area contributed by atoms with Crippen LogP contribution in [0, 0.1) is 0 Å².